The molecule has 0 aliphatic rings. The van der Waals surface area contributed by atoms with Crippen LogP contribution in [0.4, 0.5) is 0 Å². The molecule has 7 heteroatoms. The van der Waals surface area contributed by atoms with Gasteiger partial charge in [-0.15, -0.1) is 0 Å². The third-order valence-electron chi connectivity index (χ3n) is 0.223. The first-order valence-electron chi connectivity index (χ1n) is 1.39. The summed E-state index contributed by atoms with van der Waals surface area (Å²) in [7, 11) is -4.48. The van der Waals surface area contributed by atoms with Gasteiger partial charge in [0.05, 0.1) is 0 Å². The van der Waals surface area contributed by atoms with Crippen LogP contribution >= 0.6 is 0 Å². The Hall–Kier alpha value is -0.820. The molecule has 8 heavy (non-hydrogen) atoms. The molecule has 0 aromatic rings. The van der Waals surface area contributed by atoms with Crippen LogP contribution in [0.5, 0.6) is 0 Å². The van der Waals surface area contributed by atoms with Crippen molar-refractivity contribution < 1.29 is 23.1 Å². The lowest BCUT2D eigenvalue weighted by molar-refractivity contribution is -0.721. The van der Waals surface area contributed by atoms with Crippen molar-refractivity contribution in [2.45, 2.75) is 0 Å². The van der Waals surface area contributed by atoms with E-state index in [0.29, 0.717) is 0 Å². The lowest BCUT2D eigenvalue weighted by atomic mass is 11.7. The quantitative estimate of drug-likeness (QED) is 0.119. The molecule has 0 fully saturated rings. The maximum atomic E-state index is 9.54. The minimum Gasteiger partial charge on any atom is -0.417 e. The van der Waals surface area contributed by atoms with Gasteiger partial charge in [0.2, 0.25) is 0 Å². The van der Waals surface area contributed by atoms with Crippen molar-refractivity contribution in [1.82, 2.24) is 0 Å². The van der Waals surface area contributed by atoms with E-state index in [0.717, 1.165) is 0 Å². The Morgan fingerprint density at radius 2 is 2.00 bits per heavy atom. The molecule has 0 rings (SSSR count). The summed E-state index contributed by atoms with van der Waals surface area (Å²) < 4.78 is 26.8. The fraction of sp³-hybridized carbons (Fsp3) is 0. The number of rotatable bonds is 1. The first-order chi connectivity index (χ1) is 3.42. The van der Waals surface area contributed by atoms with Crippen molar-refractivity contribution in [3.63, 3.8) is 0 Å². The second-order valence-electron chi connectivity index (χ2n) is 0.923. The summed E-state index contributed by atoms with van der Waals surface area (Å²) in [6.45, 7) is 0. The van der Waals surface area contributed by atoms with Crippen molar-refractivity contribution >= 4 is 15.7 Å². The van der Waals surface area contributed by atoms with E-state index in [1.54, 1.807) is 0 Å². The first-order valence-corrected chi connectivity index (χ1v) is 2.90. The van der Waals surface area contributed by atoms with Gasteiger partial charge >= 0.3 is 15.7 Å². The van der Waals surface area contributed by atoms with Crippen LogP contribution in [0, 0.1) is 5.21 Å². The summed E-state index contributed by atoms with van der Waals surface area (Å²) >= 11 is 0. The molecule has 0 spiro atoms. The Bertz CT molecular complexity index is 184. The Labute approximate surface area is 45.0 Å². The fourth-order valence-electron chi connectivity index (χ4n) is 0.114. The molecule has 0 aromatic heterocycles. The normalized spacial score (nSPS) is 13.9. The van der Waals surface area contributed by atoms with E-state index < -0.39 is 15.0 Å². The molecule has 0 aliphatic carbocycles. The van der Waals surface area contributed by atoms with E-state index in [4.69, 9.17) is 9.76 Å². The van der Waals surface area contributed by atoms with E-state index in [1.807, 2.05) is 0 Å². The van der Waals surface area contributed by atoms with Gasteiger partial charge in [-0.2, -0.15) is 8.42 Å². The van der Waals surface area contributed by atoms with E-state index in [2.05, 4.69) is 0 Å². The van der Waals surface area contributed by atoms with Crippen LogP contribution in [-0.4, -0.2) is 28.6 Å². The lowest BCUT2D eigenvalue weighted by Crippen LogP contribution is -2.07. The van der Waals surface area contributed by atoms with Crippen LogP contribution in [0.15, 0.2) is 0 Å². The topological polar surface area (TPSA) is 101 Å². The fourth-order valence-corrected chi connectivity index (χ4v) is 0.342. The molecule has 0 heterocycles. The molecule has 0 bridgehead atoms. The molecule has 2 N–H and O–H groups in total. The monoisotopic (exact) mass is 141 g/mol. The summed E-state index contributed by atoms with van der Waals surface area (Å²) in [6.07, 6.45) is 0. The average Bonchev–Trinajstić information content (AvgIpc) is 1.21. The number of hydrogen-bond acceptors (Lipinski definition) is 4. The molecule has 0 unspecified atom stereocenters. The van der Waals surface area contributed by atoms with Crippen molar-refractivity contribution in [2.75, 3.05) is 0 Å². The first kappa shape index (κ1) is 7.18. The summed E-state index contributed by atoms with van der Waals surface area (Å²) in [4.78, 5) is -1.00. The van der Waals surface area contributed by atoms with Crippen LogP contribution in [0.25, 0.3) is 0 Å². The van der Waals surface area contributed by atoms with Crippen LogP contribution in [0.3, 0.4) is 0 Å². The van der Waals surface area contributed by atoms with Gasteiger partial charge in [-0.1, -0.05) is 0 Å². The van der Waals surface area contributed by atoms with Crippen molar-refractivity contribution in [3.05, 3.63) is 5.21 Å². The Kier molecular flexibility index (Phi) is 1.77. The summed E-state index contributed by atoms with van der Waals surface area (Å²) in [6, 6.07) is 0. The molecule has 0 amide bonds. The van der Waals surface area contributed by atoms with Crippen molar-refractivity contribution in [2.24, 2.45) is 0 Å². The smallest absolute Gasteiger partial charge is 0.353 e. The molecule has 0 atom stereocenters. The summed E-state index contributed by atoms with van der Waals surface area (Å²) in [5, 5.41) is 16.9. The lowest BCUT2D eigenvalue weighted by Gasteiger charge is -1.80. The highest BCUT2D eigenvalue weighted by Gasteiger charge is 2.04. The maximum Gasteiger partial charge on any atom is 0.353 e. The van der Waals surface area contributed by atoms with Crippen LogP contribution in [0.1, 0.15) is 0 Å². The largest absolute Gasteiger partial charge is 0.417 e. The number of hydrogen-bond donors (Lipinski definition) is 2. The average molecular weight is 141 g/mol. The van der Waals surface area contributed by atoms with Gasteiger partial charge in [0, 0.05) is 4.90 Å². The maximum absolute atomic E-state index is 9.54. The summed E-state index contributed by atoms with van der Waals surface area (Å²) in [5.41, 5.74) is -0.285. The zero-order chi connectivity index (χ0) is 6.78. The van der Waals surface area contributed by atoms with E-state index >= 15 is 0 Å². The second kappa shape index (κ2) is 1.97. The van der Waals surface area contributed by atoms with Gasteiger partial charge < -0.3 is 5.21 Å². The third-order valence-corrected chi connectivity index (χ3v) is 0.670. The minimum absolute atomic E-state index is 0.285. The highest BCUT2D eigenvalue weighted by atomic mass is 32.2. The van der Waals surface area contributed by atoms with Gasteiger partial charge in [-0.3, -0.25) is 9.76 Å². The zero-order valence-electron chi connectivity index (χ0n) is 3.55. The van der Waals surface area contributed by atoms with Crippen molar-refractivity contribution in [3.8, 4) is 0 Å². The minimum atomic E-state index is -4.48. The van der Waals surface area contributed by atoms with Crippen molar-refractivity contribution in [1.29, 1.82) is 0 Å². The zero-order valence-corrected chi connectivity index (χ0v) is 4.37. The molecule has 0 saturated heterocycles. The molecule has 0 radical (unpaired) electrons. The summed E-state index contributed by atoms with van der Waals surface area (Å²) in [5.74, 6) is 0. The highest BCUT2D eigenvalue weighted by molar-refractivity contribution is 7.99. The number of nitrogens with zero attached hydrogens (tertiary/aromatic N) is 1. The van der Waals surface area contributed by atoms with E-state index in [9.17, 15) is 13.6 Å². The molecule has 0 aromatic carbocycles. The van der Waals surface area contributed by atoms with Gasteiger partial charge in [0.25, 0.3) is 0 Å². The van der Waals surface area contributed by atoms with Crippen LogP contribution in [-0.2, 0) is 10.1 Å². The molecular formula is CH3NO5S. The van der Waals surface area contributed by atoms with Crippen LogP contribution < -0.4 is 0 Å². The molecule has 48 valence electrons. The van der Waals surface area contributed by atoms with Gasteiger partial charge in [0.1, 0.15) is 0 Å². The van der Waals surface area contributed by atoms with E-state index in [1.165, 1.54) is 0 Å². The second-order valence-corrected chi connectivity index (χ2v) is 2.16. The standard InChI is InChI=1S/CH3NO5S/c3-2(4)1-8(5,6)7/h1H,(H,3,4)(H,5,6,7). The Morgan fingerprint density at radius 1 is 1.62 bits per heavy atom. The van der Waals surface area contributed by atoms with Gasteiger partial charge in [-0.05, 0) is 0 Å². The Morgan fingerprint density at radius 3 is 2.00 bits per heavy atom. The third kappa shape index (κ3) is 5.18. The Balaban J connectivity index is 4.36. The molecule has 0 saturated carbocycles. The predicted octanol–water partition coefficient (Wildman–Crippen LogP) is -1.20. The van der Waals surface area contributed by atoms with E-state index in [-0.39, 0.29) is 5.55 Å². The molecule has 6 nitrogen and oxygen atoms in total. The predicted molar refractivity (Wildman–Crippen MR) is 23.0 cm³/mol. The molecular weight excluding hydrogens is 138 g/mol. The van der Waals surface area contributed by atoms with Gasteiger partial charge in [0.15, 0.2) is 0 Å². The molecule has 0 aliphatic heterocycles. The van der Waals surface area contributed by atoms with Gasteiger partial charge in [-0.25, -0.2) is 0 Å². The highest BCUT2D eigenvalue weighted by Crippen LogP contribution is 1.70. The van der Waals surface area contributed by atoms with Crippen LogP contribution in [0.2, 0.25) is 0 Å². The SMILES string of the molecule is O=S(=O)(O)C=[N+]([O-])O.